The van der Waals surface area contributed by atoms with Gasteiger partial charge in [0.25, 0.3) is 0 Å². The van der Waals surface area contributed by atoms with Crippen molar-refractivity contribution in [2.24, 2.45) is 0 Å². The fourth-order valence-corrected chi connectivity index (χ4v) is 3.06. The third-order valence-corrected chi connectivity index (χ3v) is 4.65. The Bertz CT molecular complexity index is 532. The number of rotatable bonds is 5. The summed E-state index contributed by atoms with van der Waals surface area (Å²) >= 11 is 5.97. The van der Waals surface area contributed by atoms with Gasteiger partial charge >= 0.3 is 0 Å². The first-order valence-electron chi connectivity index (χ1n) is 6.39. The summed E-state index contributed by atoms with van der Waals surface area (Å²) in [7, 11) is 0. The van der Waals surface area contributed by atoms with E-state index >= 15 is 0 Å². The van der Waals surface area contributed by atoms with Crippen molar-refractivity contribution < 1.29 is 4.74 Å². The number of thiol groups is 1. The molecule has 0 spiro atoms. The molecule has 1 aromatic heterocycles. The van der Waals surface area contributed by atoms with Crippen LogP contribution in [0, 0.1) is 6.92 Å². The van der Waals surface area contributed by atoms with Crippen LogP contribution < -0.4 is 4.74 Å². The lowest BCUT2D eigenvalue weighted by Crippen LogP contribution is -1.95. The fourth-order valence-electron chi connectivity index (χ4n) is 1.79. The molecule has 102 valence electrons. The van der Waals surface area contributed by atoms with Gasteiger partial charge in [0.15, 0.2) is 0 Å². The minimum Gasteiger partial charge on any atom is -0.486 e. The Labute approximate surface area is 124 Å². The lowest BCUT2D eigenvalue weighted by atomic mass is 10.0. The molecular formula is C15H19NOS2. The quantitative estimate of drug-likeness (QED) is 0.815. The Morgan fingerprint density at radius 1 is 1.26 bits per heavy atom. The van der Waals surface area contributed by atoms with Crippen LogP contribution in [-0.2, 0) is 12.4 Å². The molecule has 0 fully saturated rings. The molecule has 0 aliphatic rings. The second-order valence-electron chi connectivity index (χ2n) is 4.79. The summed E-state index contributed by atoms with van der Waals surface area (Å²) in [6.07, 6.45) is 0. The SMILES string of the molecule is Cc1nc(COc2ccc(C(C)C)cc2)sc1CS. The lowest BCUT2D eigenvalue weighted by Gasteiger charge is -2.07. The highest BCUT2D eigenvalue weighted by Gasteiger charge is 2.07. The summed E-state index contributed by atoms with van der Waals surface area (Å²) in [5.41, 5.74) is 2.39. The van der Waals surface area contributed by atoms with Gasteiger partial charge < -0.3 is 4.74 Å². The average molecular weight is 293 g/mol. The van der Waals surface area contributed by atoms with Gasteiger partial charge in [-0.05, 0) is 30.5 Å². The fraction of sp³-hybridized carbons (Fsp3) is 0.400. The van der Waals surface area contributed by atoms with E-state index in [9.17, 15) is 0 Å². The van der Waals surface area contributed by atoms with Gasteiger partial charge in [-0.2, -0.15) is 12.6 Å². The third-order valence-electron chi connectivity index (χ3n) is 2.99. The maximum absolute atomic E-state index is 5.76. The summed E-state index contributed by atoms with van der Waals surface area (Å²) in [6.45, 7) is 6.92. The zero-order valence-corrected chi connectivity index (χ0v) is 13.2. The second-order valence-corrected chi connectivity index (χ2v) is 6.27. The van der Waals surface area contributed by atoms with Crippen LogP contribution in [0.5, 0.6) is 5.75 Å². The first-order valence-corrected chi connectivity index (χ1v) is 7.84. The summed E-state index contributed by atoms with van der Waals surface area (Å²) < 4.78 is 5.76. The number of thiazole rings is 1. The summed E-state index contributed by atoms with van der Waals surface area (Å²) in [5.74, 6) is 2.19. The Kier molecular flexibility index (Phi) is 4.88. The monoisotopic (exact) mass is 293 g/mol. The molecule has 2 rings (SSSR count). The molecule has 4 heteroatoms. The predicted molar refractivity (Wildman–Crippen MR) is 84.4 cm³/mol. The van der Waals surface area contributed by atoms with Crippen LogP contribution in [0.2, 0.25) is 0 Å². The third kappa shape index (κ3) is 3.74. The topological polar surface area (TPSA) is 22.1 Å². The molecule has 0 bridgehead atoms. The van der Waals surface area contributed by atoms with Crippen LogP contribution in [-0.4, -0.2) is 4.98 Å². The standard InChI is InChI=1S/C15H19NOS2/c1-10(2)12-4-6-13(7-5-12)17-8-15-16-11(3)14(9-18)19-15/h4-7,10,18H,8-9H2,1-3H3. The van der Waals surface area contributed by atoms with Gasteiger partial charge in [0, 0.05) is 10.6 Å². The largest absolute Gasteiger partial charge is 0.486 e. The van der Waals surface area contributed by atoms with Gasteiger partial charge in [0.2, 0.25) is 0 Å². The zero-order chi connectivity index (χ0) is 13.8. The van der Waals surface area contributed by atoms with Crippen LogP contribution in [0.25, 0.3) is 0 Å². The average Bonchev–Trinajstić information content (AvgIpc) is 2.77. The minimum absolute atomic E-state index is 0.528. The second kappa shape index (κ2) is 6.44. The van der Waals surface area contributed by atoms with Crippen LogP contribution in [0.3, 0.4) is 0 Å². The molecule has 0 N–H and O–H groups in total. The van der Waals surface area contributed by atoms with E-state index in [4.69, 9.17) is 4.74 Å². The Hall–Kier alpha value is -1.00. The predicted octanol–water partition coefficient (Wildman–Crippen LogP) is 4.58. The molecular weight excluding hydrogens is 274 g/mol. The molecule has 0 atom stereocenters. The van der Waals surface area contributed by atoms with Crippen LogP contribution in [0.15, 0.2) is 24.3 Å². The number of ether oxygens (including phenoxy) is 1. The van der Waals surface area contributed by atoms with Crippen molar-refractivity contribution in [3.8, 4) is 5.75 Å². The maximum atomic E-state index is 5.76. The summed E-state index contributed by atoms with van der Waals surface area (Å²) in [5, 5.41) is 1.01. The van der Waals surface area contributed by atoms with Gasteiger partial charge in [-0.3, -0.25) is 0 Å². The van der Waals surface area contributed by atoms with Crippen molar-refractivity contribution in [3.63, 3.8) is 0 Å². The van der Waals surface area contributed by atoms with Crippen LogP contribution in [0.4, 0.5) is 0 Å². The smallest absolute Gasteiger partial charge is 0.140 e. The van der Waals surface area contributed by atoms with Crippen molar-refractivity contribution in [3.05, 3.63) is 45.4 Å². The summed E-state index contributed by atoms with van der Waals surface area (Å²) in [6, 6.07) is 8.28. The van der Waals surface area contributed by atoms with Gasteiger partial charge in [-0.15, -0.1) is 11.3 Å². The molecule has 1 heterocycles. The minimum atomic E-state index is 0.528. The van der Waals surface area contributed by atoms with E-state index in [-0.39, 0.29) is 0 Å². The highest BCUT2D eigenvalue weighted by molar-refractivity contribution is 7.79. The molecule has 0 unspecified atom stereocenters. The molecule has 2 aromatic rings. The number of hydrogen-bond acceptors (Lipinski definition) is 4. The van der Waals surface area contributed by atoms with Gasteiger partial charge in [0.05, 0.1) is 5.69 Å². The Morgan fingerprint density at radius 2 is 1.95 bits per heavy atom. The maximum Gasteiger partial charge on any atom is 0.140 e. The van der Waals surface area contributed by atoms with Crippen LogP contribution >= 0.6 is 24.0 Å². The van der Waals surface area contributed by atoms with Crippen molar-refractivity contribution in [1.82, 2.24) is 4.98 Å². The molecule has 1 aromatic carbocycles. The van der Waals surface area contributed by atoms with Crippen molar-refractivity contribution in [2.75, 3.05) is 0 Å². The van der Waals surface area contributed by atoms with Gasteiger partial charge in [0.1, 0.15) is 17.4 Å². The van der Waals surface area contributed by atoms with E-state index in [1.54, 1.807) is 11.3 Å². The number of benzene rings is 1. The first kappa shape index (κ1) is 14.4. The van der Waals surface area contributed by atoms with Gasteiger partial charge in [-0.25, -0.2) is 4.98 Å². The van der Waals surface area contributed by atoms with Crippen molar-refractivity contribution >= 4 is 24.0 Å². The number of aromatic nitrogens is 1. The summed E-state index contributed by atoms with van der Waals surface area (Å²) in [4.78, 5) is 5.71. The van der Waals surface area contributed by atoms with Crippen molar-refractivity contribution in [1.29, 1.82) is 0 Å². The number of hydrogen-bond donors (Lipinski definition) is 1. The van der Waals surface area contributed by atoms with E-state index in [2.05, 4.69) is 43.6 Å². The van der Waals surface area contributed by atoms with E-state index in [1.807, 2.05) is 19.1 Å². The van der Waals surface area contributed by atoms with E-state index in [1.165, 1.54) is 10.4 Å². The first-order chi connectivity index (χ1) is 9.10. The Balaban J connectivity index is 1.97. The molecule has 0 aliphatic heterocycles. The van der Waals surface area contributed by atoms with Crippen LogP contribution in [0.1, 0.15) is 40.9 Å². The normalized spacial score (nSPS) is 11.0. The number of aryl methyl sites for hydroxylation is 1. The molecule has 0 aliphatic carbocycles. The highest BCUT2D eigenvalue weighted by Crippen LogP contribution is 2.23. The van der Waals surface area contributed by atoms with Crippen molar-refractivity contribution in [2.45, 2.75) is 39.0 Å². The highest BCUT2D eigenvalue weighted by atomic mass is 32.1. The molecule has 0 amide bonds. The molecule has 0 saturated carbocycles. The molecule has 2 nitrogen and oxygen atoms in total. The zero-order valence-electron chi connectivity index (χ0n) is 11.5. The lowest BCUT2D eigenvalue weighted by molar-refractivity contribution is 0.305. The van der Waals surface area contributed by atoms with E-state index < -0.39 is 0 Å². The number of nitrogens with zero attached hydrogens (tertiary/aromatic N) is 1. The molecule has 0 saturated heterocycles. The molecule has 0 radical (unpaired) electrons. The van der Waals surface area contributed by atoms with E-state index in [0.717, 1.165) is 22.2 Å². The Morgan fingerprint density at radius 3 is 2.47 bits per heavy atom. The molecule has 19 heavy (non-hydrogen) atoms. The van der Waals surface area contributed by atoms with Gasteiger partial charge in [-0.1, -0.05) is 26.0 Å². The van der Waals surface area contributed by atoms with E-state index in [0.29, 0.717) is 12.5 Å².